The number of carboxylic acids is 1. The molecule has 0 atom stereocenters. The van der Waals surface area contributed by atoms with E-state index in [1.165, 1.54) is 12.1 Å². The van der Waals surface area contributed by atoms with E-state index < -0.39 is 17.3 Å². The van der Waals surface area contributed by atoms with Gasteiger partial charge in [0.2, 0.25) is 0 Å². The molecule has 0 unspecified atom stereocenters. The largest absolute Gasteiger partial charge is 0.545 e. The second kappa shape index (κ2) is 4.55. The van der Waals surface area contributed by atoms with E-state index in [0.717, 1.165) is 11.6 Å². The summed E-state index contributed by atoms with van der Waals surface area (Å²) in [5, 5.41) is 11.2. The van der Waals surface area contributed by atoms with Crippen LogP contribution in [0.15, 0.2) is 42.5 Å². The summed E-state index contributed by atoms with van der Waals surface area (Å²) in [6.07, 6.45) is 0. The molecular weight excluding hydrogens is 243 g/mol. The summed E-state index contributed by atoms with van der Waals surface area (Å²) in [6.45, 7) is 0. The molecule has 4 heteroatoms. The second-order valence-corrected chi connectivity index (χ2v) is 3.93. The smallest absolute Gasteiger partial charge is 0.132 e. The van der Waals surface area contributed by atoms with Crippen molar-refractivity contribution in [2.24, 2.45) is 0 Å². The zero-order valence-electron chi connectivity index (χ0n) is 8.61. The molecule has 0 radical (unpaired) electrons. The molecular formula is C13H7ClFO2-. The van der Waals surface area contributed by atoms with Crippen LogP contribution in [0, 0.1) is 5.82 Å². The Labute approximate surface area is 102 Å². The highest BCUT2D eigenvalue weighted by atomic mass is 35.5. The summed E-state index contributed by atoms with van der Waals surface area (Å²) in [7, 11) is 0. The molecule has 17 heavy (non-hydrogen) atoms. The molecule has 2 aromatic rings. The van der Waals surface area contributed by atoms with Gasteiger partial charge in [0.1, 0.15) is 5.82 Å². The van der Waals surface area contributed by atoms with Crippen molar-refractivity contribution in [3.05, 3.63) is 58.9 Å². The first kappa shape index (κ1) is 11.6. The Morgan fingerprint density at radius 3 is 2.47 bits per heavy atom. The number of carbonyl (C=O) groups excluding carboxylic acids is 1. The molecule has 0 aliphatic rings. The third kappa shape index (κ3) is 2.45. The van der Waals surface area contributed by atoms with Gasteiger partial charge in [-0.15, -0.1) is 0 Å². The molecule has 0 saturated heterocycles. The molecule has 0 amide bonds. The Hall–Kier alpha value is -1.87. The number of rotatable bonds is 2. The summed E-state index contributed by atoms with van der Waals surface area (Å²) in [4.78, 5) is 10.7. The van der Waals surface area contributed by atoms with Crippen molar-refractivity contribution >= 4 is 17.6 Å². The van der Waals surface area contributed by atoms with Gasteiger partial charge >= 0.3 is 0 Å². The van der Waals surface area contributed by atoms with Crippen molar-refractivity contribution in [3.8, 4) is 11.1 Å². The normalized spacial score (nSPS) is 10.2. The predicted octanol–water partition coefficient (Wildman–Crippen LogP) is 2.51. The Balaban J connectivity index is 2.54. The maximum Gasteiger partial charge on any atom is 0.132 e. The van der Waals surface area contributed by atoms with Crippen molar-refractivity contribution in [1.82, 2.24) is 0 Å². The number of halogens is 2. The molecule has 0 bridgehead atoms. The van der Waals surface area contributed by atoms with Crippen molar-refractivity contribution in [2.45, 2.75) is 0 Å². The standard InChI is InChI=1S/C13H8ClFO2/c14-10-3-1-2-8(6-10)9-4-5-12(15)11(7-9)13(16)17/h1-7H,(H,16,17)/p-1. The van der Waals surface area contributed by atoms with Crippen LogP contribution >= 0.6 is 11.6 Å². The van der Waals surface area contributed by atoms with Crippen LogP contribution in [0.5, 0.6) is 0 Å². The predicted molar refractivity (Wildman–Crippen MR) is 61.2 cm³/mol. The number of benzene rings is 2. The monoisotopic (exact) mass is 249 g/mol. The Morgan fingerprint density at radius 2 is 1.82 bits per heavy atom. The molecule has 0 aliphatic carbocycles. The minimum atomic E-state index is -1.54. The Bertz CT molecular complexity index is 581. The van der Waals surface area contributed by atoms with Gasteiger partial charge < -0.3 is 9.90 Å². The molecule has 0 aliphatic heterocycles. The molecule has 2 rings (SSSR count). The highest BCUT2D eigenvalue weighted by Gasteiger charge is 2.06. The molecule has 0 N–H and O–H groups in total. The van der Waals surface area contributed by atoms with E-state index >= 15 is 0 Å². The van der Waals surface area contributed by atoms with Crippen LogP contribution < -0.4 is 5.11 Å². The lowest BCUT2D eigenvalue weighted by Gasteiger charge is -2.08. The fraction of sp³-hybridized carbons (Fsp3) is 0. The van der Waals surface area contributed by atoms with E-state index in [1.807, 2.05) is 0 Å². The van der Waals surface area contributed by atoms with Crippen LogP contribution in [0.2, 0.25) is 5.02 Å². The van der Waals surface area contributed by atoms with Crippen LogP contribution in [0.1, 0.15) is 10.4 Å². The fourth-order valence-corrected chi connectivity index (χ4v) is 1.72. The van der Waals surface area contributed by atoms with Gasteiger partial charge in [0.05, 0.1) is 5.97 Å². The van der Waals surface area contributed by atoms with E-state index in [-0.39, 0.29) is 0 Å². The zero-order chi connectivity index (χ0) is 12.4. The first-order chi connectivity index (χ1) is 8.08. The average molecular weight is 250 g/mol. The average Bonchev–Trinajstić information content (AvgIpc) is 2.29. The summed E-state index contributed by atoms with van der Waals surface area (Å²) in [5.41, 5.74) is 0.843. The third-order valence-corrected chi connectivity index (χ3v) is 2.58. The van der Waals surface area contributed by atoms with Gasteiger partial charge in [-0.1, -0.05) is 29.8 Å². The zero-order valence-corrected chi connectivity index (χ0v) is 9.37. The van der Waals surface area contributed by atoms with E-state index in [0.29, 0.717) is 10.6 Å². The summed E-state index contributed by atoms with van der Waals surface area (Å²) < 4.78 is 13.2. The van der Waals surface area contributed by atoms with Gasteiger partial charge in [-0.3, -0.25) is 0 Å². The third-order valence-electron chi connectivity index (χ3n) is 2.34. The lowest BCUT2D eigenvalue weighted by Crippen LogP contribution is -2.23. The molecule has 86 valence electrons. The lowest BCUT2D eigenvalue weighted by molar-refractivity contribution is -0.255. The van der Waals surface area contributed by atoms with Crippen LogP contribution in [-0.2, 0) is 0 Å². The summed E-state index contributed by atoms with van der Waals surface area (Å²) in [5.74, 6) is -2.35. The second-order valence-electron chi connectivity index (χ2n) is 3.49. The van der Waals surface area contributed by atoms with Crippen molar-refractivity contribution in [1.29, 1.82) is 0 Å². The van der Waals surface area contributed by atoms with Gasteiger partial charge in [-0.25, -0.2) is 4.39 Å². The molecule has 0 saturated carbocycles. The molecule has 2 aromatic carbocycles. The SMILES string of the molecule is O=C([O-])c1cc(-c2cccc(Cl)c2)ccc1F. The van der Waals surface area contributed by atoms with Crippen molar-refractivity contribution in [3.63, 3.8) is 0 Å². The maximum absolute atomic E-state index is 13.2. The fourth-order valence-electron chi connectivity index (χ4n) is 1.53. The van der Waals surface area contributed by atoms with Crippen molar-refractivity contribution in [2.75, 3.05) is 0 Å². The topological polar surface area (TPSA) is 40.1 Å². The molecule has 2 nitrogen and oxygen atoms in total. The van der Waals surface area contributed by atoms with Gasteiger partial charge in [-0.2, -0.15) is 0 Å². The van der Waals surface area contributed by atoms with Gasteiger partial charge in [0.15, 0.2) is 0 Å². The first-order valence-corrected chi connectivity index (χ1v) is 5.22. The Kier molecular flexibility index (Phi) is 3.11. The van der Waals surface area contributed by atoms with E-state index in [2.05, 4.69) is 0 Å². The molecule has 0 heterocycles. The Morgan fingerprint density at radius 1 is 1.12 bits per heavy atom. The minimum absolute atomic E-state index is 0.456. The molecule has 0 fully saturated rings. The summed E-state index contributed by atoms with van der Waals surface area (Å²) >= 11 is 5.83. The first-order valence-electron chi connectivity index (χ1n) is 4.85. The highest BCUT2D eigenvalue weighted by molar-refractivity contribution is 6.30. The number of carbonyl (C=O) groups is 1. The number of hydrogen-bond donors (Lipinski definition) is 0. The van der Waals surface area contributed by atoms with E-state index in [1.54, 1.807) is 24.3 Å². The number of carboxylic acid groups (broad SMARTS) is 1. The van der Waals surface area contributed by atoms with Crippen LogP contribution in [-0.4, -0.2) is 5.97 Å². The molecule has 0 aromatic heterocycles. The quantitative estimate of drug-likeness (QED) is 0.820. The highest BCUT2D eigenvalue weighted by Crippen LogP contribution is 2.24. The van der Waals surface area contributed by atoms with Crippen LogP contribution in [0.3, 0.4) is 0 Å². The van der Waals surface area contributed by atoms with Crippen molar-refractivity contribution < 1.29 is 14.3 Å². The summed E-state index contributed by atoms with van der Waals surface area (Å²) in [6, 6.07) is 10.7. The van der Waals surface area contributed by atoms with Crippen LogP contribution in [0.4, 0.5) is 4.39 Å². The van der Waals surface area contributed by atoms with Gasteiger partial charge in [-0.05, 0) is 35.4 Å². The van der Waals surface area contributed by atoms with E-state index in [4.69, 9.17) is 11.6 Å². The van der Waals surface area contributed by atoms with E-state index in [9.17, 15) is 14.3 Å². The van der Waals surface area contributed by atoms with Gasteiger partial charge in [0.25, 0.3) is 0 Å². The minimum Gasteiger partial charge on any atom is -0.545 e. The van der Waals surface area contributed by atoms with Crippen LogP contribution in [0.25, 0.3) is 11.1 Å². The number of aromatic carboxylic acids is 1. The van der Waals surface area contributed by atoms with Gasteiger partial charge in [0, 0.05) is 10.6 Å². The maximum atomic E-state index is 13.2. The molecule has 0 spiro atoms. The number of hydrogen-bond acceptors (Lipinski definition) is 2. The lowest BCUT2D eigenvalue weighted by atomic mass is 10.0.